The normalized spacial score (nSPS) is 13.3. The third-order valence-corrected chi connectivity index (χ3v) is 5.35. The van der Waals surface area contributed by atoms with Crippen LogP contribution >= 0.6 is 0 Å². The monoisotopic (exact) mass is 311 g/mol. The molecule has 120 valence electrons. The molecule has 1 unspecified atom stereocenters. The summed E-state index contributed by atoms with van der Waals surface area (Å²) in [7, 11) is -3.01. The number of hydrogen-bond donors (Lipinski definition) is 1. The van der Waals surface area contributed by atoms with Gasteiger partial charge >= 0.3 is 0 Å². The molecular formula is C17H29NO2S. The largest absolute Gasteiger partial charge is 0.314 e. The number of sulfone groups is 1. The molecule has 1 atom stereocenters. The van der Waals surface area contributed by atoms with E-state index in [1.165, 1.54) is 0 Å². The van der Waals surface area contributed by atoms with Crippen LogP contribution in [-0.4, -0.2) is 26.8 Å². The Hall–Kier alpha value is -0.870. The van der Waals surface area contributed by atoms with Crippen LogP contribution in [0.1, 0.15) is 49.8 Å². The van der Waals surface area contributed by atoms with Crippen molar-refractivity contribution in [1.82, 2.24) is 5.32 Å². The molecule has 0 aliphatic heterocycles. The minimum atomic E-state index is -3.01. The summed E-state index contributed by atoms with van der Waals surface area (Å²) in [4.78, 5) is 0. The fourth-order valence-electron chi connectivity index (χ4n) is 2.77. The molecule has 0 aromatic heterocycles. The maximum absolute atomic E-state index is 12.2. The zero-order chi connectivity index (χ0) is 15.9. The second kappa shape index (κ2) is 8.54. The Labute approximate surface area is 130 Å². The molecule has 21 heavy (non-hydrogen) atoms. The first-order chi connectivity index (χ1) is 9.86. The molecule has 0 saturated heterocycles. The van der Waals surface area contributed by atoms with Gasteiger partial charge in [-0.15, -0.1) is 0 Å². The number of hydrogen-bond acceptors (Lipinski definition) is 3. The van der Waals surface area contributed by atoms with Crippen LogP contribution in [-0.2, 0) is 15.6 Å². The van der Waals surface area contributed by atoms with Crippen LogP contribution in [0.15, 0.2) is 18.2 Å². The standard InChI is InChI=1S/C17H29NO2S/c1-5-17(18-6-2)8-7-9-21(19,20)13-16-11-14(3)10-15(4)12-16/h10-12,17-18H,5-9,13H2,1-4H3. The fraction of sp³-hybridized carbons (Fsp3) is 0.647. The number of benzene rings is 1. The third kappa shape index (κ3) is 7.09. The molecule has 0 fully saturated rings. The van der Waals surface area contributed by atoms with Gasteiger partial charge in [0.1, 0.15) is 0 Å². The smallest absolute Gasteiger partial charge is 0.154 e. The Morgan fingerprint density at radius 1 is 1.10 bits per heavy atom. The van der Waals surface area contributed by atoms with Crippen LogP contribution in [0, 0.1) is 13.8 Å². The Bertz CT molecular complexity index is 517. The van der Waals surface area contributed by atoms with Crippen molar-refractivity contribution in [3.63, 3.8) is 0 Å². The number of nitrogens with one attached hydrogen (secondary N) is 1. The second-order valence-corrected chi connectivity index (χ2v) is 8.08. The lowest BCUT2D eigenvalue weighted by Gasteiger charge is -2.15. The highest BCUT2D eigenvalue weighted by atomic mass is 32.2. The van der Waals surface area contributed by atoms with Gasteiger partial charge in [-0.05, 0) is 45.2 Å². The third-order valence-electron chi connectivity index (χ3n) is 3.66. The first-order valence-corrected chi connectivity index (χ1v) is 9.69. The summed E-state index contributed by atoms with van der Waals surface area (Å²) in [5.74, 6) is 0.440. The van der Waals surface area contributed by atoms with Crippen LogP contribution in [0.4, 0.5) is 0 Å². The molecule has 0 aliphatic rings. The molecule has 0 saturated carbocycles. The Morgan fingerprint density at radius 2 is 1.71 bits per heavy atom. The lowest BCUT2D eigenvalue weighted by atomic mass is 10.1. The van der Waals surface area contributed by atoms with Crippen molar-refractivity contribution in [2.45, 2.75) is 58.8 Å². The summed E-state index contributed by atoms with van der Waals surface area (Å²) in [6, 6.07) is 6.44. The van der Waals surface area contributed by atoms with Crippen LogP contribution in [0.25, 0.3) is 0 Å². The SMILES string of the molecule is CCNC(CC)CCCS(=O)(=O)Cc1cc(C)cc(C)c1. The molecule has 0 aliphatic carbocycles. The molecule has 3 nitrogen and oxygen atoms in total. The van der Waals surface area contributed by atoms with Crippen molar-refractivity contribution in [3.05, 3.63) is 34.9 Å². The van der Waals surface area contributed by atoms with Crippen molar-refractivity contribution in [2.75, 3.05) is 12.3 Å². The highest BCUT2D eigenvalue weighted by molar-refractivity contribution is 7.90. The average molecular weight is 311 g/mol. The van der Waals surface area contributed by atoms with Gasteiger partial charge in [-0.3, -0.25) is 0 Å². The summed E-state index contributed by atoms with van der Waals surface area (Å²) in [5.41, 5.74) is 3.16. The molecule has 0 radical (unpaired) electrons. The van der Waals surface area contributed by atoms with Gasteiger partial charge in [-0.1, -0.05) is 43.2 Å². The molecule has 1 aromatic carbocycles. The average Bonchev–Trinajstić information content (AvgIpc) is 2.35. The highest BCUT2D eigenvalue weighted by Gasteiger charge is 2.14. The predicted octanol–water partition coefficient (Wildman–Crippen LogP) is 3.39. The Balaban J connectivity index is 2.54. The summed E-state index contributed by atoms with van der Waals surface area (Å²) >= 11 is 0. The van der Waals surface area contributed by atoms with Gasteiger partial charge in [0.2, 0.25) is 0 Å². The summed E-state index contributed by atoms with van der Waals surface area (Å²) in [6.07, 6.45) is 2.71. The zero-order valence-electron chi connectivity index (χ0n) is 13.8. The first kappa shape index (κ1) is 18.2. The van der Waals surface area contributed by atoms with Gasteiger partial charge in [0.15, 0.2) is 9.84 Å². The van der Waals surface area contributed by atoms with E-state index in [0.29, 0.717) is 6.04 Å². The molecule has 1 aromatic rings. The lowest BCUT2D eigenvalue weighted by molar-refractivity contribution is 0.474. The molecular weight excluding hydrogens is 282 g/mol. The van der Waals surface area contributed by atoms with Gasteiger partial charge in [-0.25, -0.2) is 8.42 Å². The van der Waals surface area contributed by atoms with Crippen molar-refractivity contribution in [2.24, 2.45) is 0 Å². The first-order valence-electron chi connectivity index (χ1n) is 7.87. The van der Waals surface area contributed by atoms with E-state index in [1.54, 1.807) is 0 Å². The summed E-state index contributed by atoms with van der Waals surface area (Å²) in [5, 5.41) is 3.39. The van der Waals surface area contributed by atoms with E-state index in [4.69, 9.17) is 0 Å². The van der Waals surface area contributed by atoms with Crippen molar-refractivity contribution in [1.29, 1.82) is 0 Å². The van der Waals surface area contributed by atoms with Gasteiger partial charge < -0.3 is 5.32 Å². The van der Waals surface area contributed by atoms with Crippen LogP contribution in [0.5, 0.6) is 0 Å². The Kier molecular flexibility index (Phi) is 7.40. The van der Waals surface area contributed by atoms with Gasteiger partial charge in [-0.2, -0.15) is 0 Å². The van der Waals surface area contributed by atoms with E-state index in [2.05, 4.69) is 25.2 Å². The van der Waals surface area contributed by atoms with Crippen molar-refractivity contribution in [3.8, 4) is 0 Å². The molecule has 0 bridgehead atoms. The number of rotatable bonds is 9. The highest BCUT2D eigenvalue weighted by Crippen LogP contribution is 2.14. The molecule has 4 heteroatoms. The van der Waals surface area contributed by atoms with Crippen molar-refractivity contribution < 1.29 is 8.42 Å². The molecule has 0 amide bonds. The van der Waals surface area contributed by atoms with Crippen LogP contribution in [0.3, 0.4) is 0 Å². The topological polar surface area (TPSA) is 46.2 Å². The molecule has 1 rings (SSSR count). The quantitative estimate of drug-likeness (QED) is 0.760. The van der Waals surface area contributed by atoms with E-state index in [1.807, 2.05) is 26.0 Å². The molecule has 1 N–H and O–H groups in total. The van der Waals surface area contributed by atoms with E-state index in [0.717, 1.165) is 42.5 Å². The lowest BCUT2D eigenvalue weighted by Crippen LogP contribution is -2.28. The maximum atomic E-state index is 12.2. The summed E-state index contributed by atoms with van der Waals surface area (Å²) < 4.78 is 24.5. The number of aryl methyl sites for hydroxylation is 2. The maximum Gasteiger partial charge on any atom is 0.154 e. The van der Waals surface area contributed by atoms with Gasteiger partial charge in [0.25, 0.3) is 0 Å². The van der Waals surface area contributed by atoms with E-state index >= 15 is 0 Å². The fourth-order valence-corrected chi connectivity index (χ4v) is 4.19. The van der Waals surface area contributed by atoms with E-state index in [-0.39, 0.29) is 11.5 Å². The zero-order valence-corrected chi connectivity index (χ0v) is 14.6. The van der Waals surface area contributed by atoms with Crippen LogP contribution in [0.2, 0.25) is 0 Å². The molecule has 0 spiro atoms. The predicted molar refractivity (Wildman–Crippen MR) is 90.4 cm³/mol. The van der Waals surface area contributed by atoms with Crippen LogP contribution < -0.4 is 5.32 Å². The minimum absolute atomic E-state index is 0.160. The molecule has 0 heterocycles. The van der Waals surface area contributed by atoms with Crippen molar-refractivity contribution >= 4 is 9.84 Å². The minimum Gasteiger partial charge on any atom is -0.314 e. The van der Waals surface area contributed by atoms with E-state index < -0.39 is 9.84 Å². The van der Waals surface area contributed by atoms with Gasteiger partial charge in [0, 0.05) is 6.04 Å². The summed E-state index contributed by atoms with van der Waals surface area (Å²) in [6.45, 7) is 9.17. The van der Waals surface area contributed by atoms with Gasteiger partial charge in [0.05, 0.1) is 11.5 Å². The van der Waals surface area contributed by atoms with E-state index in [9.17, 15) is 8.42 Å². The Morgan fingerprint density at radius 3 is 2.24 bits per heavy atom. The second-order valence-electron chi connectivity index (χ2n) is 5.89.